The number of carbonyl (C=O) groups is 1. The monoisotopic (exact) mass is 310 g/mol. The second kappa shape index (κ2) is 7.06. The second-order valence-electron chi connectivity index (χ2n) is 4.52. The number of sulfonamides is 1. The molecular weight excluding hydrogens is 292 g/mol. The molecule has 21 heavy (non-hydrogen) atoms. The summed E-state index contributed by atoms with van der Waals surface area (Å²) in [5, 5.41) is 8.77. The van der Waals surface area contributed by atoms with E-state index in [0.29, 0.717) is 6.42 Å². The van der Waals surface area contributed by atoms with Crippen LogP contribution in [0.5, 0.6) is 0 Å². The minimum absolute atomic E-state index is 0.0278. The molecule has 7 nitrogen and oxygen atoms in total. The Kier molecular flexibility index (Phi) is 5.69. The predicted molar refractivity (Wildman–Crippen MR) is 78.4 cm³/mol. The lowest BCUT2D eigenvalue weighted by Crippen LogP contribution is -2.39. The zero-order valence-electron chi connectivity index (χ0n) is 11.7. The first kappa shape index (κ1) is 16.9. The van der Waals surface area contributed by atoms with Gasteiger partial charge < -0.3 is 11.5 Å². The summed E-state index contributed by atoms with van der Waals surface area (Å²) in [6.45, 7) is 1.69. The summed E-state index contributed by atoms with van der Waals surface area (Å²) >= 11 is 0. The number of nitriles is 1. The highest BCUT2D eigenvalue weighted by molar-refractivity contribution is 7.89. The quantitative estimate of drug-likeness (QED) is 0.705. The molecule has 0 saturated carbocycles. The number of nitrogens with zero attached hydrogens (tertiary/aromatic N) is 2. The molecule has 1 rings (SSSR count). The van der Waals surface area contributed by atoms with Crippen LogP contribution in [0.3, 0.4) is 0 Å². The van der Waals surface area contributed by atoms with E-state index in [1.807, 2.05) is 13.0 Å². The molecule has 0 unspecified atom stereocenters. The normalized spacial score (nSPS) is 11.3. The summed E-state index contributed by atoms with van der Waals surface area (Å²) in [5.41, 5.74) is 11.0. The second-order valence-corrected chi connectivity index (χ2v) is 6.43. The number of hydrogen-bond donors (Lipinski definition) is 2. The number of nitrogens with two attached hydrogens (primary N) is 2. The number of amides is 1. The van der Waals surface area contributed by atoms with Crippen molar-refractivity contribution >= 4 is 21.6 Å². The van der Waals surface area contributed by atoms with Crippen molar-refractivity contribution in [3.63, 3.8) is 0 Å². The number of carbonyl (C=O) groups excluding carboxylic acids is 1. The van der Waals surface area contributed by atoms with E-state index in [-0.39, 0.29) is 22.7 Å². The Balaban J connectivity index is 3.22. The van der Waals surface area contributed by atoms with Crippen LogP contribution in [0.15, 0.2) is 23.1 Å². The summed E-state index contributed by atoms with van der Waals surface area (Å²) in [4.78, 5) is 11.0. The molecule has 0 bridgehead atoms. The van der Waals surface area contributed by atoms with Crippen LogP contribution in [0.4, 0.5) is 5.69 Å². The molecular formula is C13H18N4O3S. The first-order valence-electron chi connectivity index (χ1n) is 6.41. The minimum atomic E-state index is -3.93. The van der Waals surface area contributed by atoms with E-state index < -0.39 is 22.5 Å². The molecule has 0 radical (unpaired) electrons. The van der Waals surface area contributed by atoms with Gasteiger partial charge in [-0.15, -0.1) is 0 Å². The molecule has 1 aromatic carbocycles. The summed E-state index contributed by atoms with van der Waals surface area (Å²) in [5.74, 6) is -0.734. The van der Waals surface area contributed by atoms with Crippen LogP contribution in [0, 0.1) is 11.3 Å². The molecule has 1 aromatic rings. The Hall–Kier alpha value is -2.11. The topological polar surface area (TPSA) is 130 Å². The first-order chi connectivity index (χ1) is 9.82. The van der Waals surface area contributed by atoms with Crippen molar-refractivity contribution in [1.29, 1.82) is 5.26 Å². The van der Waals surface area contributed by atoms with Gasteiger partial charge in [0, 0.05) is 6.54 Å². The van der Waals surface area contributed by atoms with Crippen LogP contribution in [0.2, 0.25) is 0 Å². The van der Waals surface area contributed by atoms with Crippen molar-refractivity contribution in [2.45, 2.75) is 24.7 Å². The van der Waals surface area contributed by atoms with E-state index in [0.717, 1.165) is 10.7 Å². The van der Waals surface area contributed by atoms with Gasteiger partial charge in [-0.1, -0.05) is 13.3 Å². The summed E-state index contributed by atoms with van der Waals surface area (Å²) < 4.78 is 26.1. The highest BCUT2D eigenvalue weighted by Crippen LogP contribution is 2.23. The van der Waals surface area contributed by atoms with E-state index in [2.05, 4.69) is 0 Å². The first-order valence-corrected chi connectivity index (χ1v) is 7.85. The van der Waals surface area contributed by atoms with Gasteiger partial charge in [0.25, 0.3) is 0 Å². The molecule has 0 heterocycles. The van der Waals surface area contributed by atoms with E-state index in [4.69, 9.17) is 16.7 Å². The number of anilines is 1. The number of primary amides is 1. The zero-order chi connectivity index (χ0) is 16.0. The molecule has 0 aliphatic carbocycles. The van der Waals surface area contributed by atoms with Crippen LogP contribution >= 0.6 is 0 Å². The van der Waals surface area contributed by atoms with Crippen molar-refractivity contribution in [3.05, 3.63) is 23.8 Å². The van der Waals surface area contributed by atoms with Gasteiger partial charge in [0.2, 0.25) is 15.9 Å². The molecule has 4 N–H and O–H groups in total. The number of rotatable bonds is 7. The highest BCUT2D eigenvalue weighted by atomic mass is 32.2. The number of hydrogen-bond acceptors (Lipinski definition) is 5. The lowest BCUT2D eigenvalue weighted by atomic mass is 10.2. The van der Waals surface area contributed by atoms with Gasteiger partial charge in [-0.2, -0.15) is 9.57 Å². The molecule has 0 aliphatic heterocycles. The van der Waals surface area contributed by atoms with E-state index in [9.17, 15) is 13.2 Å². The van der Waals surface area contributed by atoms with Gasteiger partial charge in [0.15, 0.2) is 0 Å². The molecule has 0 fully saturated rings. The number of benzene rings is 1. The Morgan fingerprint density at radius 3 is 2.57 bits per heavy atom. The Bertz CT molecular complexity index is 664. The minimum Gasteiger partial charge on any atom is -0.398 e. The van der Waals surface area contributed by atoms with Crippen molar-refractivity contribution in [2.75, 3.05) is 18.8 Å². The van der Waals surface area contributed by atoms with Crippen LogP contribution < -0.4 is 11.5 Å². The smallest absolute Gasteiger partial charge is 0.245 e. The maximum absolute atomic E-state index is 12.5. The highest BCUT2D eigenvalue weighted by Gasteiger charge is 2.27. The maximum atomic E-state index is 12.5. The standard InChI is InChI=1S/C13H18N4O3S/c1-2-3-6-17(9-13(16)18)21(19,20)12-5-4-10(8-14)7-11(12)15/h4-5,7H,2-3,6,9,15H2,1H3,(H2,16,18). The summed E-state index contributed by atoms with van der Waals surface area (Å²) in [6.07, 6.45) is 1.37. The average Bonchev–Trinajstić information content (AvgIpc) is 2.42. The van der Waals surface area contributed by atoms with Crippen LogP contribution in [-0.4, -0.2) is 31.7 Å². The SMILES string of the molecule is CCCCN(CC(N)=O)S(=O)(=O)c1ccc(C#N)cc1N. The van der Waals surface area contributed by atoms with Gasteiger partial charge in [0.05, 0.1) is 23.9 Å². The van der Waals surface area contributed by atoms with Crippen molar-refractivity contribution in [1.82, 2.24) is 4.31 Å². The van der Waals surface area contributed by atoms with E-state index in [1.54, 1.807) is 0 Å². The van der Waals surface area contributed by atoms with Gasteiger partial charge in [-0.05, 0) is 24.6 Å². The van der Waals surface area contributed by atoms with Crippen LogP contribution in [0.25, 0.3) is 0 Å². The van der Waals surface area contributed by atoms with Gasteiger partial charge in [-0.25, -0.2) is 8.42 Å². The van der Waals surface area contributed by atoms with Crippen molar-refractivity contribution in [2.24, 2.45) is 5.73 Å². The van der Waals surface area contributed by atoms with Crippen molar-refractivity contribution in [3.8, 4) is 6.07 Å². The molecule has 0 aliphatic rings. The lowest BCUT2D eigenvalue weighted by molar-refractivity contribution is -0.118. The average molecular weight is 310 g/mol. The lowest BCUT2D eigenvalue weighted by Gasteiger charge is -2.21. The third kappa shape index (κ3) is 4.18. The molecule has 0 aromatic heterocycles. The molecule has 1 amide bonds. The fourth-order valence-electron chi connectivity index (χ4n) is 1.78. The maximum Gasteiger partial charge on any atom is 0.245 e. The van der Waals surface area contributed by atoms with Crippen LogP contribution in [-0.2, 0) is 14.8 Å². The number of unbranched alkanes of at least 4 members (excludes halogenated alkanes) is 1. The number of nitrogen functional groups attached to an aromatic ring is 1. The van der Waals surface area contributed by atoms with Gasteiger partial charge in [0.1, 0.15) is 4.90 Å². The molecule has 114 valence electrons. The fourth-order valence-corrected chi connectivity index (χ4v) is 3.33. The summed E-state index contributed by atoms with van der Waals surface area (Å²) in [7, 11) is -3.93. The molecule has 0 saturated heterocycles. The Morgan fingerprint density at radius 2 is 2.10 bits per heavy atom. The summed E-state index contributed by atoms with van der Waals surface area (Å²) in [6, 6.07) is 5.80. The third-order valence-electron chi connectivity index (χ3n) is 2.85. The third-order valence-corrected chi connectivity index (χ3v) is 4.77. The van der Waals surface area contributed by atoms with Crippen molar-refractivity contribution < 1.29 is 13.2 Å². The van der Waals surface area contributed by atoms with Crippen LogP contribution in [0.1, 0.15) is 25.3 Å². The van der Waals surface area contributed by atoms with E-state index >= 15 is 0 Å². The van der Waals surface area contributed by atoms with Gasteiger partial charge >= 0.3 is 0 Å². The molecule has 0 spiro atoms. The predicted octanol–water partition coefficient (Wildman–Crippen LogP) is 0.417. The van der Waals surface area contributed by atoms with E-state index in [1.165, 1.54) is 18.2 Å². The Morgan fingerprint density at radius 1 is 1.43 bits per heavy atom. The van der Waals surface area contributed by atoms with Gasteiger partial charge in [-0.3, -0.25) is 4.79 Å². The molecule has 0 atom stereocenters. The molecule has 8 heteroatoms. The zero-order valence-corrected chi connectivity index (χ0v) is 12.6. The fraction of sp³-hybridized carbons (Fsp3) is 0.385. The Labute approximate surface area is 124 Å². The largest absolute Gasteiger partial charge is 0.398 e.